The highest BCUT2D eigenvalue weighted by atomic mass is 32.2. The first kappa shape index (κ1) is 15.2. The van der Waals surface area contributed by atoms with E-state index in [1.807, 2.05) is 0 Å². The van der Waals surface area contributed by atoms with Crippen LogP contribution < -0.4 is 9.62 Å². The van der Waals surface area contributed by atoms with Gasteiger partial charge < -0.3 is 4.90 Å². The fourth-order valence-corrected chi connectivity index (χ4v) is 3.17. The van der Waals surface area contributed by atoms with E-state index >= 15 is 0 Å². The van der Waals surface area contributed by atoms with E-state index in [0.29, 0.717) is 18.9 Å². The monoisotopic (exact) mass is 301 g/mol. The molecule has 0 bridgehead atoms. The van der Waals surface area contributed by atoms with E-state index in [1.165, 1.54) is 6.07 Å². The summed E-state index contributed by atoms with van der Waals surface area (Å²) in [6.45, 7) is 4.41. The maximum Gasteiger partial charge on any atom is 0.214 e. The summed E-state index contributed by atoms with van der Waals surface area (Å²) in [6.07, 6.45) is 3.11. The number of aromatic nitrogens is 1. The Morgan fingerprint density at radius 3 is 2.90 bits per heavy atom. The van der Waals surface area contributed by atoms with Crippen molar-refractivity contribution in [2.75, 3.05) is 18.0 Å². The van der Waals surface area contributed by atoms with Crippen molar-refractivity contribution < 1.29 is 12.8 Å². The molecule has 0 aliphatic carbocycles. The van der Waals surface area contributed by atoms with Crippen molar-refractivity contribution in [2.45, 2.75) is 38.0 Å². The number of sulfonamides is 1. The van der Waals surface area contributed by atoms with Gasteiger partial charge in [0, 0.05) is 25.3 Å². The van der Waals surface area contributed by atoms with Crippen LogP contribution in [0.5, 0.6) is 0 Å². The number of pyridine rings is 1. The Kier molecular flexibility index (Phi) is 4.59. The quantitative estimate of drug-likeness (QED) is 0.916. The SMILES string of the molecule is CC(C)S(=O)(=O)NC1CCCN(c2ncccc2F)C1. The summed E-state index contributed by atoms with van der Waals surface area (Å²) in [5.41, 5.74) is 0. The summed E-state index contributed by atoms with van der Waals surface area (Å²) in [5, 5.41) is -0.468. The van der Waals surface area contributed by atoms with Crippen LogP contribution in [0.3, 0.4) is 0 Å². The topological polar surface area (TPSA) is 62.3 Å². The molecule has 0 radical (unpaired) electrons. The predicted molar refractivity (Wildman–Crippen MR) is 76.6 cm³/mol. The van der Waals surface area contributed by atoms with Crippen molar-refractivity contribution in [2.24, 2.45) is 0 Å². The van der Waals surface area contributed by atoms with Crippen molar-refractivity contribution in [3.8, 4) is 0 Å². The van der Waals surface area contributed by atoms with Crippen LogP contribution in [-0.4, -0.2) is 37.8 Å². The van der Waals surface area contributed by atoms with E-state index in [-0.39, 0.29) is 11.9 Å². The molecule has 5 nitrogen and oxygen atoms in total. The molecule has 1 aromatic heterocycles. The second-order valence-electron chi connectivity index (χ2n) is 5.31. The molecule has 1 N–H and O–H groups in total. The average Bonchev–Trinajstić information content (AvgIpc) is 2.39. The van der Waals surface area contributed by atoms with Crippen LogP contribution in [0.1, 0.15) is 26.7 Å². The largest absolute Gasteiger partial charge is 0.353 e. The number of piperidine rings is 1. The number of nitrogens with one attached hydrogen (secondary N) is 1. The van der Waals surface area contributed by atoms with Gasteiger partial charge in [0.1, 0.15) is 0 Å². The van der Waals surface area contributed by atoms with E-state index in [4.69, 9.17) is 0 Å². The third-order valence-electron chi connectivity index (χ3n) is 3.41. The van der Waals surface area contributed by atoms with Crippen molar-refractivity contribution in [3.63, 3.8) is 0 Å². The molecule has 0 saturated carbocycles. The summed E-state index contributed by atoms with van der Waals surface area (Å²) in [4.78, 5) is 5.84. The molecule has 1 aromatic rings. The van der Waals surface area contributed by atoms with Crippen LogP contribution in [0.4, 0.5) is 10.2 Å². The Hall–Kier alpha value is -1.21. The van der Waals surface area contributed by atoms with Crippen LogP contribution in [0.25, 0.3) is 0 Å². The summed E-state index contributed by atoms with van der Waals surface area (Å²) in [6, 6.07) is 2.71. The zero-order valence-corrected chi connectivity index (χ0v) is 12.5. The van der Waals surface area contributed by atoms with Crippen LogP contribution in [-0.2, 0) is 10.0 Å². The Bertz CT molecular complexity index is 562. The normalized spacial score (nSPS) is 20.4. The minimum absolute atomic E-state index is 0.197. The smallest absolute Gasteiger partial charge is 0.214 e. The van der Waals surface area contributed by atoms with Gasteiger partial charge in [-0.15, -0.1) is 0 Å². The van der Waals surface area contributed by atoms with E-state index in [1.54, 1.807) is 31.0 Å². The highest BCUT2D eigenvalue weighted by Gasteiger charge is 2.27. The zero-order chi connectivity index (χ0) is 14.8. The first-order valence-corrected chi connectivity index (χ1v) is 8.31. The van der Waals surface area contributed by atoms with Crippen LogP contribution in [0.15, 0.2) is 18.3 Å². The highest BCUT2D eigenvalue weighted by Crippen LogP contribution is 2.21. The molecular formula is C13H20FN3O2S. The van der Waals surface area contributed by atoms with E-state index in [2.05, 4.69) is 9.71 Å². The van der Waals surface area contributed by atoms with Gasteiger partial charge >= 0.3 is 0 Å². The highest BCUT2D eigenvalue weighted by molar-refractivity contribution is 7.90. The Balaban J connectivity index is 2.08. The lowest BCUT2D eigenvalue weighted by molar-refractivity contribution is 0.456. The zero-order valence-electron chi connectivity index (χ0n) is 11.7. The predicted octanol–water partition coefficient (Wildman–Crippen LogP) is 1.52. The van der Waals surface area contributed by atoms with Gasteiger partial charge in [-0.05, 0) is 38.8 Å². The molecule has 1 saturated heterocycles. The molecular weight excluding hydrogens is 281 g/mol. The lowest BCUT2D eigenvalue weighted by Gasteiger charge is -2.34. The molecule has 1 atom stereocenters. The molecule has 0 spiro atoms. The molecule has 1 unspecified atom stereocenters. The third kappa shape index (κ3) is 3.46. The van der Waals surface area contributed by atoms with Crippen LogP contribution in [0, 0.1) is 5.82 Å². The maximum atomic E-state index is 13.7. The fraction of sp³-hybridized carbons (Fsp3) is 0.615. The Morgan fingerprint density at radius 1 is 1.50 bits per heavy atom. The van der Waals surface area contributed by atoms with Gasteiger partial charge in [0.15, 0.2) is 11.6 Å². The second-order valence-corrected chi connectivity index (χ2v) is 7.57. The van der Waals surface area contributed by atoms with Gasteiger partial charge in [-0.1, -0.05) is 0 Å². The molecule has 2 rings (SSSR count). The standard InChI is InChI=1S/C13H20FN3O2S/c1-10(2)20(18,19)16-11-5-4-8-17(9-11)13-12(14)6-3-7-15-13/h3,6-7,10-11,16H,4-5,8-9H2,1-2H3. The number of anilines is 1. The summed E-state index contributed by atoms with van der Waals surface area (Å²) in [7, 11) is -3.30. The number of halogens is 1. The average molecular weight is 301 g/mol. The summed E-state index contributed by atoms with van der Waals surface area (Å²) in [5.74, 6) is -0.0826. The molecule has 7 heteroatoms. The van der Waals surface area contributed by atoms with E-state index in [9.17, 15) is 12.8 Å². The maximum absolute atomic E-state index is 13.7. The molecule has 1 fully saturated rings. The molecule has 2 heterocycles. The van der Waals surface area contributed by atoms with Crippen molar-refractivity contribution in [1.82, 2.24) is 9.71 Å². The number of hydrogen-bond acceptors (Lipinski definition) is 4. The van der Waals surface area contributed by atoms with Gasteiger partial charge in [0.2, 0.25) is 10.0 Å². The number of rotatable bonds is 4. The minimum atomic E-state index is -3.30. The molecule has 1 aliphatic heterocycles. The lowest BCUT2D eigenvalue weighted by Crippen LogP contribution is -2.49. The molecule has 112 valence electrons. The summed E-state index contributed by atoms with van der Waals surface area (Å²) >= 11 is 0. The molecule has 0 amide bonds. The van der Waals surface area contributed by atoms with Crippen molar-refractivity contribution in [3.05, 3.63) is 24.1 Å². The van der Waals surface area contributed by atoms with Gasteiger partial charge in [-0.2, -0.15) is 0 Å². The van der Waals surface area contributed by atoms with Crippen molar-refractivity contribution in [1.29, 1.82) is 0 Å². The van der Waals surface area contributed by atoms with Gasteiger partial charge in [0.05, 0.1) is 5.25 Å². The Morgan fingerprint density at radius 2 is 2.25 bits per heavy atom. The fourth-order valence-electron chi connectivity index (χ4n) is 2.24. The van der Waals surface area contributed by atoms with Crippen molar-refractivity contribution >= 4 is 15.8 Å². The Labute approximate surface area is 119 Å². The molecule has 20 heavy (non-hydrogen) atoms. The van der Waals surface area contributed by atoms with Gasteiger partial charge in [-0.3, -0.25) is 0 Å². The molecule has 1 aliphatic rings. The van der Waals surface area contributed by atoms with E-state index < -0.39 is 15.3 Å². The third-order valence-corrected chi connectivity index (χ3v) is 5.31. The summed E-state index contributed by atoms with van der Waals surface area (Å²) < 4.78 is 40.2. The van der Waals surface area contributed by atoms with E-state index in [0.717, 1.165) is 12.8 Å². The first-order chi connectivity index (χ1) is 9.40. The van der Waals surface area contributed by atoms with Gasteiger partial charge in [0.25, 0.3) is 0 Å². The van der Waals surface area contributed by atoms with Crippen LogP contribution >= 0.6 is 0 Å². The minimum Gasteiger partial charge on any atom is -0.353 e. The number of nitrogens with zero attached hydrogens (tertiary/aromatic N) is 2. The second kappa shape index (κ2) is 6.05. The van der Waals surface area contributed by atoms with Gasteiger partial charge in [-0.25, -0.2) is 22.5 Å². The molecule has 0 aromatic carbocycles. The number of hydrogen-bond donors (Lipinski definition) is 1. The van der Waals surface area contributed by atoms with Crippen LogP contribution in [0.2, 0.25) is 0 Å². The lowest BCUT2D eigenvalue weighted by atomic mass is 10.1. The first-order valence-electron chi connectivity index (χ1n) is 6.77.